The standard InChI is InChI=1S/C34H34N8O4S/c1-33(2,3)26-17-28(41-46-26)39-30(43)36-23-11-9-22(10-12-23)24-18-42-25-13-14-27(38-29(25)47-31(42)37-24)35-20-34(15-16-34)40-32(44)45-19-21-7-5-4-6-8-21/h4-14,17-18H,15-16,19-20H2,1-3H3,(H,35,38)(H,40,44)(H2,36,39,41,43). The summed E-state index contributed by atoms with van der Waals surface area (Å²) in [4.78, 5) is 36.2. The molecule has 4 heterocycles. The molecule has 4 N–H and O–H groups in total. The van der Waals surface area contributed by atoms with Crippen molar-refractivity contribution in [2.75, 3.05) is 22.5 Å². The van der Waals surface area contributed by atoms with E-state index in [-0.39, 0.29) is 17.6 Å². The number of nitrogens with zero attached hydrogens (tertiary/aromatic N) is 4. The van der Waals surface area contributed by atoms with Crippen LogP contribution in [0.5, 0.6) is 0 Å². The lowest BCUT2D eigenvalue weighted by Crippen LogP contribution is -2.42. The van der Waals surface area contributed by atoms with Gasteiger partial charge < -0.3 is 25.2 Å². The molecule has 1 fully saturated rings. The van der Waals surface area contributed by atoms with E-state index in [0.29, 0.717) is 23.8 Å². The summed E-state index contributed by atoms with van der Waals surface area (Å²) in [6, 6.07) is 22.4. The van der Waals surface area contributed by atoms with Crippen LogP contribution in [0.25, 0.3) is 26.6 Å². The highest BCUT2D eigenvalue weighted by molar-refractivity contribution is 7.23. The van der Waals surface area contributed by atoms with Crippen LogP contribution in [-0.4, -0.2) is 43.7 Å². The normalized spacial score (nSPS) is 13.8. The molecule has 47 heavy (non-hydrogen) atoms. The Labute approximate surface area is 274 Å². The molecule has 0 atom stereocenters. The van der Waals surface area contributed by atoms with Gasteiger partial charge in [-0.2, -0.15) is 0 Å². The van der Waals surface area contributed by atoms with Gasteiger partial charge in [-0.25, -0.2) is 19.6 Å². The maximum Gasteiger partial charge on any atom is 0.407 e. The minimum absolute atomic E-state index is 0.204. The van der Waals surface area contributed by atoms with Crippen molar-refractivity contribution >= 4 is 56.1 Å². The van der Waals surface area contributed by atoms with Crippen molar-refractivity contribution in [3.05, 3.63) is 90.3 Å². The first-order valence-corrected chi connectivity index (χ1v) is 16.1. The van der Waals surface area contributed by atoms with Crippen LogP contribution in [0.2, 0.25) is 0 Å². The Bertz CT molecular complexity index is 2060. The van der Waals surface area contributed by atoms with Crippen LogP contribution < -0.4 is 21.3 Å². The molecule has 1 aliphatic rings. The Kier molecular flexibility index (Phi) is 7.76. The minimum Gasteiger partial charge on any atom is -0.445 e. The van der Waals surface area contributed by atoms with Gasteiger partial charge in [-0.15, -0.1) is 0 Å². The molecule has 2 aromatic carbocycles. The molecule has 0 aliphatic heterocycles. The lowest BCUT2D eigenvalue weighted by atomic mass is 9.93. The summed E-state index contributed by atoms with van der Waals surface area (Å²) in [6.45, 7) is 6.83. The van der Waals surface area contributed by atoms with Gasteiger partial charge in [0.1, 0.15) is 23.0 Å². The van der Waals surface area contributed by atoms with Crippen molar-refractivity contribution in [2.45, 2.75) is 51.2 Å². The van der Waals surface area contributed by atoms with E-state index < -0.39 is 12.1 Å². The van der Waals surface area contributed by atoms with Crippen molar-refractivity contribution in [2.24, 2.45) is 0 Å². The molecule has 1 saturated carbocycles. The van der Waals surface area contributed by atoms with Gasteiger partial charge in [0, 0.05) is 35.5 Å². The van der Waals surface area contributed by atoms with Crippen molar-refractivity contribution in [3.8, 4) is 11.3 Å². The summed E-state index contributed by atoms with van der Waals surface area (Å²) in [5.74, 6) is 1.78. The molecule has 6 aromatic rings. The van der Waals surface area contributed by atoms with Gasteiger partial charge in [-0.3, -0.25) is 9.72 Å². The fraction of sp³-hybridized carbons (Fsp3) is 0.265. The third kappa shape index (κ3) is 6.89. The van der Waals surface area contributed by atoms with E-state index in [0.717, 1.165) is 50.8 Å². The predicted octanol–water partition coefficient (Wildman–Crippen LogP) is 7.41. The molecule has 13 heteroatoms. The summed E-state index contributed by atoms with van der Waals surface area (Å²) in [6.07, 6.45) is 3.33. The molecule has 4 aromatic heterocycles. The number of nitrogens with one attached hydrogen (secondary N) is 4. The number of hydrogen-bond donors (Lipinski definition) is 4. The number of imidazole rings is 1. The van der Waals surface area contributed by atoms with Gasteiger partial charge in [0.25, 0.3) is 0 Å². The Morgan fingerprint density at radius 1 is 0.979 bits per heavy atom. The molecule has 0 radical (unpaired) electrons. The van der Waals surface area contributed by atoms with Gasteiger partial charge in [0.05, 0.1) is 16.7 Å². The summed E-state index contributed by atoms with van der Waals surface area (Å²) in [5, 5.41) is 15.8. The van der Waals surface area contributed by atoms with Gasteiger partial charge in [0.2, 0.25) is 0 Å². The van der Waals surface area contributed by atoms with Crippen LogP contribution in [0.4, 0.5) is 26.9 Å². The van der Waals surface area contributed by atoms with E-state index in [2.05, 4.69) is 26.4 Å². The molecule has 1 aliphatic carbocycles. The number of hydrogen-bond acceptors (Lipinski definition) is 9. The number of carbonyl (C=O) groups excluding carboxylic acids is 2. The number of thiazole rings is 1. The smallest absolute Gasteiger partial charge is 0.407 e. The average molecular weight is 651 g/mol. The van der Waals surface area contributed by atoms with E-state index in [1.54, 1.807) is 6.07 Å². The molecule has 0 spiro atoms. The zero-order valence-electron chi connectivity index (χ0n) is 26.2. The zero-order chi connectivity index (χ0) is 32.6. The largest absolute Gasteiger partial charge is 0.445 e. The first-order valence-electron chi connectivity index (χ1n) is 15.3. The predicted molar refractivity (Wildman–Crippen MR) is 182 cm³/mol. The fourth-order valence-corrected chi connectivity index (χ4v) is 6.03. The average Bonchev–Trinajstić information content (AvgIpc) is 3.33. The van der Waals surface area contributed by atoms with Gasteiger partial charge in [0.15, 0.2) is 10.8 Å². The molecule has 12 nitrogen and oxygen atoms in total. The molecule has 0 bridgehead atoms. The van der Waals surface area contributed by atoms with E-state index in [4.69, 9.17) is 19.2 Å². The highest BCUT2D eigenvalue weighted by Crippen LogP contribution is 2.36. The van der Waals surface area contributed by atoms with Crippen LogP contribution >= 0.6 is 11.3 Å². The Morgan fingerprint density at radius 3 is 2.49 bits per heavy atom. The van der Waals surface area contributed by atoms with Gasteiger partial charge in [-0.05, 0) is 42.7 Å². The number of urea groups is 1. The number of anilines is 3. The number of pyridine rings is 1. The Hall–Kier alpha value is -5.43. The second-order valence-electron chi connectivity index (χ2n) is 12.7. The van der Waals surface area contributed by atoms with Crippen LogP contribution in [0, 0.1) is 0 Å². The molecule has 7 rings (SSSR count). The molecule has 3 amide bonds. The molecular weight excluding hydrogens is 616 g/mol. The van der Waals surface area contributed by atoms with E-state index in [1.165, 1.54) is 11.3 Å². The maximum absolute atomic E-state index is 12.5. The minimum atomic E-state index is -0.416. The second kappa shape index (κ2) is 12.1. The SMILES string of the molecule is CC(C)(C)c1cc(NC(=O)Nc2ccc(-c3cn4c(n3)sc3nc(NCC5(NC(=O)OCc6ccccc6)CC5)ccc34)cc2)no1. The Balaban J connectivity index is 0.946. The number of benzene rings is 2. The highest BCUT2D eigenvalue weighted by atomic mass is 32.1. The summed E-state index contributed by atoms with van der Waals surface area (Å²) >= 11 is 1.50. The number of carbonyl (C=O) groups is 2. The summed E-state index contributed by atoms with van der Waals surface area (Å²) in [7, 11) is 0. The van der Waals surface area contributed by atoms with Gasteiger partial charge >= 0.3 is 12.1 Å². The number of ether oxygens (including phenoxy) is 1. The number of fused-ring (bicyclic) bond motifs is 3. The van der Waals surface area contributed by atoms with Crippen molar-refractivity contribution in [1.29, 1.82) is 0 Å². The van der Waals surface area contributed by atoms with Crippen LogP contribution in [0.3, 0.4) is 0 Å². The molecule has 0 unspecified atom stereocenters. The van der Waals surface area contributed by atoms with Crippen molar-refractivity contribution in [1.82, 2.24) is 24.8 Å². The first-order chi connectivity index (χ1) is 22.6. The lowest BCUT2D eigenvalue weighted by molar-refractivity contribution is 0.135. The molecular formula is C34H34N8O4S. The fourth-order valence-electron chi connectivity index (χ4n) is 5.05. The van der Waals surface area contributed by atoms with Crippen LogP contribution in [-0.2, 0) is 16.8 Å². The van der Waals surface area contributed by atoms with E-state index in [9.17, 15) is 9.59 Å². The quantitative estimate of drug-likeness (QED) is 0.126. The van der Waals surface area contributed by atoms with Crippen molar-refractivity contribution in [3.63, 3.8) is 0 Å². The van der Waals surface area contributed by atoms with Crippen LogP contribution in [0.1, 0.15) is 44.9 Å². The molecule has 240 valence electrons. The zero-order valence-corrected chi connectivity index (χ0v) is 27.0. The summed E-state index contributed by atoms with van der Waals surface area (Å²) in [5.41, 5.74) is 3.74. The lowest BCUT2D eigenvalue weighted by Gasteiger charge is -2.18. The van der Waals surface area contributed by atoms with Gasteiger partial charge in [-0.1, -0.05) is 79.7 Å². The monoisotopic (exact) mass is 650 g/mol. The van der Waals surface area contributed by atoms with E-state index in [1.807, 2.05) is 98.1 Å². The number of aromatic nitrogens is 4. The topological polar surface area (TPSA) is 148 Å². The Morgan fingerprint density at radius 2 is 1.77 bits per heavy atom. The highest BCUT2D eigenvalue weighted by Gasteiger charge is 2.44. The van der Waals surface area contributed by atoms with Crippen LogP contribution in [0.15, 0.2) is 83.5 Å². The summed E-state index contributed by atoms with van der Waals surface area (Å²) < 4.78 is 12.8. The van der Waals surface area contributed by atoms with Crippen molar-refractivity contribution < 1.29 is 18.8 Å². The van der Waals surface area contributed by atoms with E-state index >= 15 is 0 Å². The first kappa shape index (κ1) is 30.2. The maximum atomic E-state index is 12.5. The second-order valence-corrected chi connectivity index (χ2v) is 13.7. The third-order valence-corrected chi connectivity index (χ3v) is 8.90. The number of rotatable bonds is 9. The number of alkyl carbamates (subject to hydrolysis) is 1. The number of amides is 3. The third-order valence-electron chi connectivity index (χ3n) is 7.93. The molecule has 0 saturated heterocycles.